The predicted molar refractivity (Wildman–Crippen MR) is 124 cm³/mol. The van der Waals surface area contributed by atoms with Gasteiger partial charge in [0.15, 0.2) is 0 Å². The molecule has 4 heteroatoms. The molecule has 1 aliphatic carbocycles. The van der Waals surface area contributed by atoms with E-state index in [0.717, 1.165) is 40.7 Å². The van der Waals surface area contributed by atoms with Crippen LogP contribution in [0.1, 0.15) is 63.1 Å². The molecule has 0 atom stereocenters. The lowest BCUT2D eigenvalue weighted by molar-refractivity contribution is -0.117. The molecule has 3 nitrogen and oxygen atoms in total. The maximum absolute atomic E-state index is 14.7. The molecule has 1 saturated carbocycles. The van der Waals surface area contributed by atoms with Crippen molar-refractivity contribution in [1.82, 2.24) is 5.32 Å². The van der Waals surface area contributed by atoms with Crippen LogP contribution in [0.4, 0.5) is 10.1 Å². The Balaban J connectivity index is 1.84. The van der Waals surface area contributed by atoms with Gasteiger partial charge in [-0.1, -0.05) is 31.0 Å². The zero-order valence-corrected chi connectivity index (χ0v) is 18.7. The number of anilines is 1. The molecule has 1 amide bonds. The van der Waals surface area contributed by atoms with Gasteiger partial charge in [0.2, 0.25) is 5.91 Å². The van der Waals surface area contributed by atoms with Crippen molar-refractivity contribution < 1.29 is 9.18 Å². The number of carbonyl (C=O) groups is 1. The van der Waals surface area contributed by atoms with Gasteiger partial charge in [0, 0.05) is 17.7 Å². The first kappa shape index (κ1) is 22.1. The number of hydrogen-bond acceptors (Lipinski definition) is 2. The number of carbonyl (C=O) groups excluding carboxylic acids is 1. The highest BCUT2D eigenvalue weighted by Crippen LogP contribution is 2.31. The standard InChI is InChI=1S/C26H33FN2O/c1-16(2)28-26(30)19(5)13-21-12-18(4)23(14-17(21)3)20-10-11-25(24(27)15-20)29-22-8-6-7-9-22/h10-16,22,29H,6-9H2,1-5H3,(H,28,30)/b19-13+. The fraction of sp³-hybridized carbons (Fsp3) is 0.423. The van der Waals surface area contributed by atoms with E-state index < -0.39 is 0 Å². The molecule has 0 bridgehead atoms. The Morgan fingerprint density at radius 2 is 1.80 bits per heavy atom. The van der Waals surface area contributed by atoms with E-state index in [1.165, 1.54) is 12.8 Å². The normalized spacial score (nSPS) is 15.0. The van der Waals surface area contributed by atoms with E-state index >= 15 is 0 Å². The average molecular weight is 409 g/mol. The summed E-state index contributed by atoms with van der Waals surface area (Å²) in [6.07, 6.45) is 6.58. The summed E-state index contributed by atoms with van der Waals surface area (Å²) in [5, 5.41) is 6.26. The van der Waals surface area contributed by atoms with Gasteiger partial charge in [-0.05, 0) is 93.5 Å². The van der Waals surface area contributed by atoms with E-state index in [4.69, 9.17) is 0 Å². The summed E-state index contributed by atoms with van der Waals surface area (Å²) in [7, 11) is 0. The molecular weight excluding hydrogens is 375 g/mol. The molecule has 0 heterocycles. The Bertz CT molecular complexity index is 956. The van der Waals surface area contributed by atoms with Crippen LogP contribution in [0.25, 0.3) is 17.2 Å². The van der Waals surface area contributed by atoms with Gasteiger partial charge in [0.1, 0.15) is 5.82 Å². The lowest BCUT2D eigenvalue weighted by Crippen LogP contribution is -2.30. The number of nitrogens with one attached hydrogen (secondary N) is 2. The number of hydrogen-bond donors (Lipinski definition) is 2. The first-order valence-corrected chi connectivity index (χ1v) is 10.9. The van der Waals surface area contributed by atoms with Gasteiger partial charge in [-0.25, -0.2) is 4.39 Å². The van der Waals surface area contributed by atoms with E-state index in [9.17, 15) is 9.18 Å². The molecule has 30 heavy (non-hydrogen) atoms. The second-order valence-corrected chi connectivity index (χ2v) is 8.80. The van der Waals surface area contributed by atoms with Gasteiger partial charge in [-0.2, -0.15) is 0 Å². The Kier molecular flexibility index (Phi) is 6.96. The number of rotatable bonds is 6. The van der Waals surface area contributed by atoms with E-state index in [0.29, 0.717) is 17.3 Å². The Morgan fingerprint density at radius 3 is 2.43 bits per heavy atom. The molecule has 0 unspecified atom stereocenters. The zero-order valence-electron chi connectivity index (χ0n) is 18.7. The van der Waals surface area contributed by atoms with Gasteiger partial charge >= 0.3 is 0 Å². The Labute approximate surface area is 179 Å². The Hall–Kier alpha value is -2.62. The van der Waals surface area contributed by atoms with Gasteiger partial charge in [0.25, 0.3) is 0 Å². The van der Waals surface area contributed by atoms with Crippen molar-refractivity contribution in [2.24, 2.45) is 0 Å². The van der Waals surface area contributed by atoms with Gasteiger partial charge < -0.3 is 10.6 Å². The monoisotopic (exact) mass is 408 g/mol. The fourth-order valence-corrected chi connectivity index (χ4v) is 4.07. The van der Waals surface area contributed by atoms with Crippen LogP contribution < -0.4 is 10.6 Å². The summed E-state index contributed by atoms with van der Waals surface area (Å²) in [5.41, 5.74) is 6.27. The number of amides is 1. The predicted octanol–water partition coefficient (Wildman–Crippen LogP) is 6.39. The molecule has 1 fully saturated rings. The van der Waals surface area contributed by atoms with Crippen molar-refractivity contribution >= 4 is 17.7 Å². The van der Waals surface area contributed by atoms with Crippen molar-refractivity contribution in [2.45, 2.75) is 72.4 Å². The minimum atomic E-state index is -0.207. The summed E-state index contributed by atoms with van der Waals surface area (Å²) in [6, 6.07) is 10.1. The summed E-state index contributed by atoms with van der Waals surface area (Å²) in [5.74, 6) is -0.264. The largest absolute Gasteiger partial charge is 0.380 e. The van der Waals surface area contributed by atoms with Crippen molar-refractivity contribution in [3.05, 3.63) is 58.4 Å². The molecule has 160 valence electrons. The second kappa shape index (κ2) is 9.46. The lowest BCUT2D eigenvalue weighted by Gasteiger charge is -2.16. The third-order valence-electron chi connectivity index (χ3n) is 5.76. The van der Waals surface area contributed by atoms with E-state index in [1.54, 1.807) is 6.07 Å². The summed E-state index contributed by atoms with van der Waals surface area (Å²) in [6.45, 7) is 9.77. The van der Waals surface area contributed by atoms with Crippen LogP contribution in [-0.4, -0.2) is 18.0 Å². The minimum Gasteiger partial charge on any atom is -0.380 e. The van der Waals surface area contributed by atoms with E-state index in [2.05, 4.69) is 22.8 Å². The lowest BCUT2D eigenvalue weighted by atomic mass is 9.94. The SMILES string of the molecule is C/C(=C\c1cc(C)c(-c2ccc(NC3CCCC3)c(F)c2)cc1C)C(=O)NC(C)C. The molecule has 3 rings (SSSR count). The molecule has 0 saturated heterocycles. The van der Waals surface area contributed by atoms with Crippen molar-refractivity contribution in [1.29, 1.82) is 0 Å². The number of aryl methyl sites for hydroxylation is 2. The van der Waals surface area contributed by atoms with Crippen LogP contribution in [0.15, 0.2) is 35.9 Å². The molecule has 0 radical (unpaired) electrons. The topological polar surface area (TPSA) is 41.1 Å². The third-order valence-corrected chi connectivity index (χ3v) is 5.76. The first-order valence-electron chi connectivity index (χ1n) is 10.9. The highest BCUT2D eigenvalue weighted by molar-refractivity contribution is 5.97. The van der Waals surface area contributed by atoms with Crippen LogP contribution in [-0.2, 0) is 4.79 Å². The number of halogens is 1. The van der Waals surface area contributed by atoms with Gasteiger partial charge in [-0.3, -0.25) is 4.79 Å². The van der Waals surface area contributed by atoms with Gasteiger partial charge in [-0.15, -0.1) is 0 Å². The number of benzene rings is 2. The third kappa shape index (κ3) is 5.29. The summed E-state index contributed by atoms with van der Waals surface area (Å²) >= 11 is 0. The van der Waals surface area contributed by atoms with Gasteiger partial charge in [0.05, 0.1) is 5.69 Å². The second-order valence-electron chi connectivity index (χ2n) is 8.80. The molecule has 0 aromatic heterocycles. The molecular formula is C26H33FN2O. The average Bonchev–Trinajstić information content (AvgIpc) is 3.18. The van der Waals surface area contributed by atoms with Crippen LogP contribution >= 0.6 is 0 Å². The van der Waals surface area contributed by atoms with Crippen LogP contribution in [0, 0.1) is 19.7 Å². The molecule has 2 N–H and O–H groups in total. The summed E-state index contributed by atoms with van der Waals surface area (Å²) < 4.78 is 14.7. The quantitative estimate of drug-likeness (QED) is 0.544. The van der Waals surface area contributed by atoms with Crippen LogP contribution in [0.2, 0.25) is 0 Å². The fourth-order valence-electron chi connectivity index (χ4n) is 4.07. The Morgan fingerprint density at radius 1 is 1.10 bits per heavy atom. The van der Waals surface area contributed by atoms with Crippen LogP contribution in [0.3, 0.4) is 0 Å². The highest BCUT2D eigenvalue weighted by Gasteiger charge is 2.17. The molecule has 0 spiro atoms. The molecule has 2 aromatic rings. The molecule has 1 aliphatic rings. The smallest absolute Gasteiger partial charge is 0.247 e. The maximum atomic E-state index is 14.7. The van der Waals surface area contributed by atoms with Crippen molar-refractivity contribution in [3.63, 3.8) is 0 Å². The summed E-state index contributed by atoms with van der Waals surface area (Å²) in [4.78, 5) is 12.2. The van der Waals surface area contributed by atoms with E-state index in [1.807, 2.05) is 52.8 Å². The van der Waals surface area contributed by atoms with Crippen molar-refractivity contribution in [2.75, 3.05) is 5.32 Å². The first-order chi connectivity index (χ1) is 14.2. The molecule has 0 aliphatic heterocycles. The van der Waals surface area contributed by atoms with Crippen LogP contribution in [0.5, 0.6) is 0 Å². The van der Waals surface area contributed by atoms with Crippen molar-refractivity contribution in [3.8, 4) is 11.1 Å². The maximum Gasteiger partial charge on any atom is 0.247 e. The minimum absolute atomic E-state index is 0.0569. The molecule has 2 aromatic carbocycles. The zero-order chi connectivity index (χ0) is 21.8. The van der Waals surface area contributed by atoms with E-state index in [-0.39, 0.29) is 17.8 Å². The highest BCUT2D eigenvalue weighted by atomic mass is 19.1.